The number of carbonyl (C=O) groups is 9. The number of carbonyl (C=O) groups excluding carboxylic acids is 9. The van der Waals surface area contributed by atoms with Crippen LogP contribution in [0, 0.1) is 13.8 Å². The van der Waals surface area contributed by atoms with Gasteiger partial charge in [0.05, 0.1) is 75.1 Å². The van der Waals surface area contributed by atoms with Gasteiger partial charge in [0.25, 0.3) is 41.4 Å². The molecular formula is C90H124N12O17. The van der Waals surface area contributed by atoms with E-state index in [-0.39, 0.29) is 136 Å². The van der Waals surface area contributed by atoms with E-state index in [0.29, 0.717) is 177 Å². The highest BCUT2D eigenvalue weighted by Crippen LogP contribution is 2.29. The van der Waals surface area contributed by atoms with Gasteiger partial charge in [-0.1, -0.05) is 97.9 Å². The third-order valence-electron chi connectivity index (χ3n) is 20.1. The summed E-state index contributed by atoms with van der Waals surface area (Å²) in [6.07, 6.45) is 2.15. The number of benzene rings is 6. The normalized spacial score (nSPS) is 16.6. The maximum absolute atomic E-state index is 15.5. The molecule has 8 amide bonds. The first kappa shape index (κ1) is 94.3. The quantitative estimate of drug-likeness (QED) is 0.0191. The van der Waals surface area contributed by atoms with Crippen molar-refractivity contribution < 1.29 is 81.0 Å². The molecule has 29 heteroatoms. The number of rotatable bonds is 31. The molecule has 8 rings (SSSR count). The molecule has 6 aromatic carbocycles. The van der Waals surface area contributed by atoms with Crippen molar-refractivity contribution in [2.45, 2.75) is 105 Å². The fraction of sp³-hybridized carbons (Fsp3) is 0.500. The average molecular weight is 1650 g/mol. The number of hydrogen-bond acceptors (Lipinski definition) is 21. The number of fused-ring (bicyclic) bond motifs is 8. The van der Waals surface area contributed by atoms with E-state index >= 15 is 4.79 Å². The number of para-hydroxylation sites is 2. The van der Waals surface area contributed by atoms with Gasteiger partial charge in [-0.25, -0.2) is 4.79 Å². The summed E-state index contributed by atoms with van der Waals surface area (Å²) in [5, 5.41) is 24.6. The van der Waals surface area contributed by atoms with E-state index in [4.69, 9.17) is 37.9 Å². The van der Waals surface area contributed by atoms with Crippen LogP contribution in [0.3, 0.4) is 0 Å². The Balaban J connectivity index is 1.12. The SMILES string of the molecule is CCCOCCOCCN1CCNC(=O)c2cccc(c2C)C(=O)NCCN(CCN2CCCC(=O)c3cccc(c3C)C(=O)NCCN(CCOCCOCCOC)CCNC(=O)c3cccc(c3OCc3ccccc3)C(=O)NC(CCCCNC(=O)OC(C)(C)C)C2)CCNC(=O)c2cccc(c2OCc2ccccc2)C(=O)NCC1. The third-order valence-corrected chi connectivity index (χ3v) is 20.1. The van der Waals surface area contributed by atoms with Gasteiger partial charge in [-0.15, -0.1) is 0 Å². The Morgan fingerprint density at radius 2 is 0.790 bits per heavy atom. The topological polar surface area (TPSA) is 337 Å². The van der Waals surface area contributed by atoms with Gasteiger partial charge in [-0.2, -0.15) is 0 Å². The molecule has 0 aromatic heterocycles. The van der Waals surface area contributed by atoms with Crippen LogP contribution in [-0.2, 0) is 41.6 Å². The number of methoxy groups -OCH3 is 1. The fourth-order valence-electron chi connectivity index (χ4n) is 13.7. The zero-order valence-corrected chi connectivity index (χ0v) is 70.5. The number of ether oxygens (including phenoxy) is 8. The van der Waals surface area contributed by atoms with E-state index < -0.39 is 47.3 Å². The number of nitrogens with zero attached hydrogens (tertiary/aromatic N) is 4. The number of nitrogens with one attached hydrogen (secondary N) is 8. The molecule has 0 fully saturated rings. The number of amides is 8. The molecule has 1 atom stereocenters. The third kappa shape index (κ3) is 33.1. The van der Waals surface area contributed by atoms with Crippen LogP contribution in [0.1, 0.15) is 171 Å². The van der Waals surface area contributed by atoms with Gasteiger partial charge in [0.15, 0.2) is 5.78 Å². The lowest BCUT2D eigenvalue weighted by molar-refractivity contribution is 0.0196. The Labute approximate surface area is 700 Å². The number of alkyl carbamates (subject to hydrolysis) is 1. The minimum atomic E-state index is -0.729. The Morgan fingerprint density at radius 3 is 1.22 bits per heavy atom. The summed E-state index contributed by atoms with van der Waals surface area (Å²) in [6.45, 7) is 20.2. The van der Waals surface area contributed by atoms with Crippen molar-refractivity contribution in [1.29, 1.82) is 0 Å². The lowest BCUT2D eigenvalue weighted by Crippen LogP contribution is -2.47. The zero-order chi connectivity index (χ0) is 85.0. The van der Waals surface area contributed by atoms with Gasteiger partial charge in [-0.3, -0.25) is 53.1 Å². The first-order chi connectivity index (χ1) is 57.7. The molecular weight excluding hydrogens is 1520 g/mol. The van der Waals surface area contributed by atoms with Crippen LogP contribution in [0.25, 0.3) is 0 Å². The molecule has 0 saturated carbocycles. The highest BCUT2D eigenvalue weighted by atomic mass is 16.6. The minimum absolute atomic E-state index is 0.0191. The minimum Gasteiger partial charge on any atom is -0.487 e. The fourth-order valence-corrected chi connectivity index (χ4v) is 13.7. The molecule has 1 unspecified atom stereocenters. The number of Topliss-reactive ketones (excluding diaryl/α,β-unsaturated/α-hetero) is 1. The molecule has 0 spiro atoms. The maximum atomic E-state index is 15.5. The lowest BCUT2D eigenvalue weighted by atomic mass is 9.96. The summed E-state index contributed by atoms with van der Waals surface area (Å²) in [5.41, 5.74) is 3.77. The zero-order valence-electron chi connectivity index (χ0n) is 70.5. The average Bonchev–Trinajstić information content (AvgIpc) is 0.820. The maximum Gasteiger partial charge on any atom is 0.407 e. The standard InChI is InChI=1S/C90H124N12O17/c1-8-54-113-59-60-114-55-52-101-47-40-93-84(106)74-30-18-29-73(67(74)3)83(105)91-37-44-99(45-38-94-85(107)75-31-19-32-76(86(108)95-41-48-101)80(75)117-64-68-22-11-9-12-23-68)50-51-102-43-21-35-79(103)71-27-17-28-72(66(71)2)82(104)92-39-46-100(53-56-115-61-62-116-58-57-112-7)49-42-96-87(109)77-33-20-34-78(81(77)118-65-69-24-13-10-14-25-69)88(110)98-70(63-102)26-15-16-36-97-89(111)119-90(4,5)6/h9-14,17-20,22-25,27-34,70H,8,15-16,21,26,35-65H2,1-7H3,(H,91,105)(H,92,104)(H,93,106)(H,94,107)(H,95,108)(H,96,109)(H,97,111)(H,98,110). The van der Waals surface area contributed by atoms with E-state index in [1.807, 2.05) is 67.6 Å². The highest BCUT2D eigenvalue weighted by molar-refractivity contribution is 6.06. The summed E-state index contributed by atoms with van der Waals surface area (Å²) < 4.78 is 46.7. The van der Waals surface area contributed by atoms with Crippen LogP contribution in [-0.4, -0.2) is 275 Å². The number of unbranched alkanes of at least 4 members (excludes halogenated alkanes) is 1. The molecule has 646 valence electrons. The second-order valence-electron chi connectivity index (χ2n) is 30.3. The van der Waals surface area contributed by atoms with Crippen molar-refractivity contribution in [2.75, 3.05) is 191 Å². The van der Waals surface area contributed by atoms with E-state index in [9.17, 15) is 38.4 Å². The molecule has 0 radical (unpaired) electrons. The Bertz CT molecular complexity index is 4190. The van der Waals surface area contributed by atoms with E-state index in [0.717, 1.165) is 17.5 Å². The highest BCUT2D eigenvalue weighted by Gasteiger charge is 2.28. The van der Waals surface area contributed by atoms with Crippen LogP contribution in [0.5, 0.6) is 11.5 Å². The van der Waals surface area contributed by atoms with E-state index in [2.05, 4.69) is 62.1 Å². The van der Waals surface area contributed by atoms with Crippen LogP contribution < -0.4 is 52.0 Å². The first-order valence-corrected chi connectivity index (χ1v) is 41.7. The second-order valence-corrected chi connectivity index (χ2v) is 30.3. The summed E-state index contributed by atoms with van der Waals surface area (Å²) >= 11 is 0. The van der Waals surface area contributed by atoms with Crippen LogP contribution in [0.2, 0.25) is 0 Å². The Kier molecular flexibility index (Phi) is 41.2. The number of hydrogen-bond donors (Lipinski definition) is 8. The van der Waals surface area contributed by atoms with Crippen LogP contribution in [0.4, 0.5) is 4.79 Å². The van der Waals surface area contributed by atoms with Gasteiger partial charge in [0.1, 0.15) is 30.3 Å². The Morgan fingerprint density at radius 1 is 0.420 bits per heavy atom. The molecule has 29 nitrogen and oxygen atoms in total. The van der Waals surface area contributed by atoms with Gasteiger partial charge in [0, 0.05) is 166 Å². The summed E-state index contributed by atoms with van der Waals surface area (Å²) in [6, 6.07) is 38.1. The van der Waals surface area contributed by atoms with E-state index in [1.165, 1.54) is 0 Å². The molecule has 119 heavy (non-hydrogen) atoms. The summed E-state index contributed by atoms with van der Waals surface area (Å²) in [4.78, 5) is 138. The molecule has 2 heterocycles. The van der Waals surface area contributed by atoms with Gasteiger partial charge >= 0.3 is 6.09 Å². The van der Waals surface area contributed by atoms with Gasteiger partial charge in [-0.05, 0) is 138 Å². The smallest absolute Gasteiger partial charge is 0.407 e. The first-order valence-electron chi connectivity index (χ1n) is 41.7. The molecule has 8 bridgehead atoms. The lowest BCUT2D eigenvalue weighted by Gasteiger charge is -2.31. The molecule has 6 aromatic rings. The predicted octanol–water partition coefficient (Wildman–Crippen LogP) is 8.06. The van der Waals surface area contributed by atoms with Crippen molar-refractivity contribution in [2.24, 2.45) is 0 Å². The van der Waals surface area contributed by atoms with Crippen LogP contribution >= 0.6 is 0 Å². The second kappa shape index (κ2) is 52.0. The van der Waals surface area contributed by atoms with Crippen molar-refractivity contribution in [3.63, 3.8) is 0 Å². The van der Waals surface area contributed by atoms with Crippen molar-refractivity contribution in [3.8, 4) is 11.5 Å². The van der Waals surface area contributed by atoms with Gasteiger partial charge < -0.3 is 85.3 Å². The molecule has 2 aliphatic rings. The number of ketones is 1. The van der Waals surface area contributed by atoms with Crippen molar-refractivity contribution in [3.05, 3.63) is 200 Å². The largest absolute Gasteiger partial charge is 0.487 e. The summed E-state index contributed by atoms with van der Waals surface area (Å²) in [7, 11) is 1.61. The van der Waals surface area contributed by atoms with Crippen molar-refractivity contribution in [1.82, 2.24) is 62.1 Å². The molecule has 0 saturated heterocycles. The van der Waals surface area contributed by atoms with Crippen LogP contribution in [0.15, 0.2) is 133 Å². The molecule has 8 N–H and O–H groups in total. The van der Waals surface area contributed by atoms with Gasteiger partial charge in [0.2, 0.25) is 0 Å². The Hall–Kier alpha value is -10.2. The predicted molar refractivity (Wildman–Crippen MR) is 455 cm³/mol. The van der Waals surface area contributed by atoms with Crippen molar-refractivity contribution >= 4 is 53.2 Å². The summed E-state index contributed by atoms with van der Waals surface area (Å²) in [5.74, 6) is -3.12. The molecule has 0 aliphatic carbocycles. The molecule has 2 aliphatic heterocycles. The monoisotopic (exact) mass is 1640 g/mol. The van der Waals surface area contributed by atoms with E-state index in [1.54, 1.807) is 115 Å².